The third kappa shape index (κ3) is 4.90. The van der Waals surface area contributed by atoms with E-state index in [0.717, 1.165) is 16.5 Å². The Hall–Kier alpha value is -2.61. The Labute approximate surface area is 200 Å². The first kappa shape index (κ1) is 22.6. The van der Waals surface area contributed by atoms with Gasteiger partial charge in [0.2, 0.25) is 5.91 Å². The number of nitrogens with one attached hydrogen (secondary N) is 1. The van der Waals surface area contributed by atoms with E-state index < -0.39 is 0 Å². The Balaban J connectivity index is 1.55. The number of benzene rings is 2. The molecule has 0 aliphatic rings. The maximum atomic E-state index is 12.4. The summed E-state index contributed by atoms with van der Waals surface area (Å²) >= 11 is 9.08. The number of carbonyl (C=O) groups excluding carboxylic acids is 1. The predicted molar refractivity (Wildman–Crippen MR) is 135 cm³/mol. The fourth-order valence-corrected chi connectivity index (χ4v) is 5.33. The molecule has 5 nitrogen and oxygen atoms in total. The molecule has 2 heterocycles. The van der Waals surface area contributed by atoms with Gasteiger partial charge in [0.05, 0.1) is 5.75 Å². The monoisotopic (exact) mass is 482 g/mol. The van der Waals surface area contributed by atoms with Gasteiger partial charge in [0, 0.05) is 38.6 Å². The van der Waals surface area contributed by atoms with Gasteiger partial charge in [-0.2, -0.15) is 0 Å². The van der Waals surface area contributed by atoms with Crippen molar-refractivity contribution in [1.82, 2.24) is 14.8 Å². The zero-order valence-electron chi connectivity index (χ0n) is 18.1. The molecule has 0 spiro atoms. The summed E-state index contributed by atoms with van der Waals surface area (Å²) in [5, 5.41) is 15.2. The number of carbonyl (C=O) groups is 1. The number of halogens is 1. The van der Waals surface area contributed by atoms with Crippen molar-refractivity contribution < 1.29 is 4.79 Å². The molecular weight excluding hydrogens is 460 g/mol. The molecule has 0 saturated heterocycles. The van der Waals surface area contributed by atoms with Crippen LogP contribution < -0.4 is 5.32 Å². The molecule has 164 valence electrons. The Morgan fingerprint density at radius 2 is 1.94 bits per heavy atom. The lowest BCUT2D eigenvalue weighted by molar-refractivity contribution is -0.113. The van der Waals surface area contributed by atoms with E-state index in [1.165, 1.54) is 33.3 Å². The van der Waals surface area contributed by atoms with Gasteiger partial charge in [-0.3, -0.25) is 4.79 Å². The van der Waals surface area contributed by atoms with Gasteiger partial charge >= 0.3 is 0 Å². The Bertz CT molecular complexity index is 1250. The lowest BCUT2D eigenvalue weighted by atomic mass is 10.0. The summed E-state index contributed by atoms with van der Waals surface area (Å²) in [7, 11) is 0. The molecule has 1 amide bonds. The van der Waals surface area contributed by atoms with Gasteiger partial charge in [-0.1, -0.05) is 59.3 Å². The van der Waals surface area contributed by atoms with Crippen molar-refractivity contribution in [3.8, 4) is 22.5 Å². The van der Waals surface area contributed by atoms with Crippen LogP contribution in [0.4, 0.5) is 5.69 Å². The van der Waals surface area contributed by atoms with Crippen LogP contribution in [0.25, 0.3) is 22.5 Å². The van der Waals surface area contributed by atoms with Gasteiger partial charge in [0.1, 0.15) is 0 Å². The fourth-order valence-electron chi connectivity index (χ4n) is 3.47. The van der Waals surface area contributed by atoms with Crippen molar-refractivity contribution >= 4 is 46.3 Å². The minimum atomic E-state index is -0.115. The zero-order valence-corrected chi connectivity index (χ0v) is 20.4. The first-order valence-corrected chi connectivity index (χ1v) is 12.5. The number of rotatable bonds is 7. The van der Waals surface area contributed by atoms with Crippen molar-refractivity contribution in [2.75, 3.05) is 11.1 Å². The predicted octanol–water partition coefficient (Wildman–Crippen LogP) is 6.69. The summed E-state index contributed by atoms with van der Waals surface area (Å²) in [6.07, 6.45) is 0. The standard InChI is InChI=1S/C24H23ClN4OS2/c1-4-29-23(20-13-31-16(3)22(20)17-10-8-15(2)9-11-17)27-28-24(29)32-14-21(30)26-19-7-5-6-18(25)12-19/h5-13H,4,14H2,1-3H3,(H,26,30). The van der Waals surface area contributed by atoms with Crippen LogP contribution in [0, 0.1) is 13.8 Å². The lowest BCUT2D eigenvalue weighted by Crippen LogP contribution is -2.14. The van der Waals surface area contributed by atoms with Crippen molar-refractivity contribution in [1.29, 1.82) is 0 Å². The number of hydrogen-bond acceptors (Lipinski definition) is 5. The maximum Gasteiger partial charge on any atom is 0.234 e. The van der Waals surface area contributed by atoms with Gasteiger partial charge in [0.15, 0.2) is 11.0 Å². The number of thiophene rings is 1. The Morgan fingerprint density at radius 1 is 1.16 bits per heavy atom. The molecule has 0 aliphatic carbocycles. The summed E-state index contributed by atoms with van der Waals surface area (Å²) in [5.41, 5.74) is 5.34. The molecule has 1 N–H and O–H groups in total. The number of hydrogen-bond donors (Lipinski definition) is 1. The lowest BCUT2D eigenvalue weighted by Gasteiger charge is -2.10. The van der Waals surface area contributed by atoms with Crippen molar-refractivity contribution in [3.05, 3.63) is 69.4 Å². The highest BCUT2D eigenvalue weighted by molar-refractivity contribution is 7.99. The number of amides is 1. The number of aryl methyl sites for hydroxylation is 2. The number of anilines is 1. The largest absolute Gasteiger partial charge is 0.325 e. The Morgan fingerprint density at radius 3 is 2.66 bits per heavy atom. The molecule has 2 aromatic heterocycles. The van der Waals surface area contributed by atoms with Gasteiger partial charge in [0.25, 0.3) is 0 Å². The second kappa shape index (κ2) is 9.90. The van der Waals surface area contributed by atoms with E-state index in [2.05, 4.69) is 70.5 Å². The number of aromatic nitrogens is 3. The van der Waals surface area contributed by atoms with Crippen LogP contribution in [-0.4, -0.2) is 26.4 Å². The summed E-state index contributed by atoms with van der Waals surface area (Å²) in [5.74, 6) is 0.944. The first-order chi connectivity index (χ1) is 15.5. The number of nitrogens with zero attached hydrogens (tertiary/aromatic N) is 3. The second-order valence-corrected chi connectivity index (χ2v) is 9.81. The summed E-state index contributed by atoms with van der Waals surface area (Å²) in [6, 6.07) is 15.7. The van der Waals surface area contributed by atoms with Gasteiger partial charge < -0.3 is 9.88 Å². The van der Waals surface area contributed by atoms with Crippen LogP contribution in [0.15, 0.2) is 59.1 Å². The maximum absolute atomic E-state index is 12.4. The SMILES string of the molecule is CCn1c(SCC(=O)Nc2cccc(Cl)c2)nnc1-c1csc(C)c1-c1ccc(C)cc1. The zero-order chi connectivity index (χ0) is 22.7. The highest BCUT2D eigenvalue weighted by Crippen LogP contribution is 2.39. The third-order valence-electron chi connectivity index (χ3n) is 5.03. The normalized spacial score (nSPS) is 11.0. The number of thioether (sulfide) groups is 1. The van der Waals surface area contributed by atoms with E-state index >= 15 is 0 Å². The average Bonchev–Trinajstić information content (AvgIpc) is 3.35. The van der Waals surface area contributed by atoms with Crippen LogP contribution in [0.1, 0.15) is 17.4 Å². The molecule has 4 aromatic rings. The topological polar surface area (TPSA) is 59.8 Å². The van der Waals surface area contributed by atoms with Gasteiger partial charge in [-0.05, 0) is 44.5 Å². The Kier molecular flexibility index (Phi) is 6.98. The molecule has 8 heteroatoms. The van der Waals surface area contributed by atoms with Crippen molar-refractivity contribution in [3.63, 3.8) is 0 Å². The van der Waals surface area contributed by atoms with Crippen molar-refractivity contribution in [2.45, 2.75) is 32.5 Å². The van der Waals surface area contributed by atoms with Gasteiger partial charge in [-0.15, -0.1) is 21.5 Å². The minimum absolute atomic E-state index is 0.115. The third-order valence-corrected chi connectivity index (χ3v) is 7.14. The van der Waals surface area contributed by atoms with E-state index in [1.807, 2.05) is 6.07 Å². The molecule has 0 atom stereocenters. The quantitative estimate of drug-likeness (QED) is 0.298. The minimum Gasteiger partial charge on any atom is -0.325 e. The van der Waals surface area contributed by atoms with Crippen LogP contribution >= 0.6 is 34.7 Å². The van der Waals surface area contributed by atoms with E-state index in [-0.39, 0.29) is 11.7 Å². The average molecular weight is 483 g/mol. The molecule has 32 heavy (non-hydrogen) atoms. The second-order valence-electron chi connectivity index (χ2n) is 7.34. The summed E-state index contributed by atoms with van der Waals surface area (Å²) < 4.78 is 2.07. The molecule has 0 aliphatic heterocycles. The van der Waals surface area contributed by atoms with Crippen molar-refractivity contribution in [2.24, 2.45) is 0 Å². The molecular formula is C24H23ClN4OS2. The molecule has 4 rings (SSSR count). The molecule has 0 fully saturated rings. The summed E-state index contributed by atoms with van der Waals surface area (Å²) in [6.45, 7) is 6.99. The molecule has 0 radical (unpaired) electrons. The van der Waals surface area contributed by atoms with E-state index in [0.29, 0.717) is 17.3 Å². The van der Waals surface area contributed by atoms with Gasteiger partial charge in [-0.25, -0.2) is 0 Å². The first-order valence-electron chi connectivity index (χ1n) is 10.2. The molecule has 0 unspecified atom stereocenters. The molecule has 0 bridgehead atoms. The molecule has 0 saturated carbocycles. The smallest absolute Gasteiger partial charge is 0.234 e. The fraction of sp³-hybridized carbons (Fsp3) is 0.208. The van der Waals surface area contributed by atoms with E-state index in [1.54, 1.807) is 29.5 Å². The highest BCUT2D eigenvalue weighted by atomic mass is 35.5. The highest BCUT2D eigenvalue weighted by Gasteiger charge is 2.20. The van der Waals surface area contributed by atoms with E-state index in [9.17, 15) is 4.79 Å². The van der Waals surface area contributed by atoms with Crippen LogP contribution in [0.2, 0.25) is 5.02 Å². The van der Waals surface area contributed by atoms with Crippen LogP contribution in [-0.2, 0) is 11.3 Å². The summed E-state index contributed by atoms with van der Waals surface area (Å²) in [4.78, 5) is 13.7. The van der Waals surface area contributed by atoms with E-state index in [4.69, 9.17) is 11.6 Å². The van der Waals surface area contributed by atoms with Crippen LogP contribution in [0.3, 0.4) is 0 Å². The van der Waals surface area contributed by atoms with Crippen LogP contribution in [0.5, 0.6) is 0 Å². The molecule has 2 aromatic carbocycles.